The number of aliphatic hydroxyl groups is 1. The van der Waals surface area contributed by atoms with Crippen molar-refractivity contribution in [3.8, 4) is 11.5 Å². The number of phenolic OH excluding ortho intramolecular Hbond substituents is 1. The maximum atomic E-state index is 12.5. The first-order valence-electron chi connectivity index (χ1n) is 17.9. The number of aliphatic hydroxyl groups excluding tert-OH is 1. The highest BCUT2D eigenvalue weighted by molar-refractivity contribution is 7.15. The Hall–Kier alpha value is -2.02. The maximum Gasteiger partial charge on any atom is 0.219 e. The molecule has 5 rings (SSSR count). The fourth-order valence-corrected chi connectivity index (χ4v) is 8.71. The minimum Gasteiger partial charge on any atom is -0.504 e. The number of rotatable bonds is 18. The summed E-state index contributed by atoms with van der Waals surface area (Å²) in [4.78, 5) is 35.8. The predicted molar refractivity (Wildman–Crippen MR) is 183 cm³/mol. The van der Waals surface area contributed by atoms with E-state index in [2.05, 4.69) is 20.6 Å². The van der Waals surface area contributed by atoms with Gasteiger partial charge in [-0.3, -0.25) is 14.4 Å². The van der Waals surface area contributed by atoms with Gasteiger partial charge in [-0.25, -0.2) is 0 Å². The Kier molecular flexibility index (Phi) is 13.9. The third-order valence-corrected chi connectivity index (χ3v) is 11.1. The van der Waals surface area contributed by atoms with Gasteiger partial charge in [0.25, 0.3) is 0 Å². The number of ketones is 2. The van der Waals surface area contributed by atoms with Crippen LogP contribution < -0.4 is 10.1 Å². The zero-order valence-corrected chi connectivity index (χ0v) is 29.5. The minimum atomic E-state index is -1.02. The van der Waals surface area contributed by atoms with E-state index in [1.807, 2.05) is 13.6 Å². The molecular weight excluding hydrogens is 601 g/mol. The van der Waals surface area contributed by atoms with Crippen molar-refractivity contribution in [2.45, 2.75) is 147 Å². The molecule has 258 valence electrons. The van der Waals surface area contributed by atoms with Gasteiger partial charge in [-0.05, 0) is 88.2 Å². The molecule has 2 saturated carbocycles. The first kappa shape index (κ1) is 36.8. The summed E-state index contributed by atoms with van der Waals surface area (Å²) in [5.74, 6) is 2.52. The van der Waals surface area contributed by atoms with Crippen LogP contribution >= 0.6 is 9.24 Å². The van der Waals surface area contributed by atoms with Crippen molar-refractivity contribution in [2.75, 3.05) is 13.2 Å². The Morgan fingerprint density at radius 1 is 1.02 bits per heavy atom. The molecular formula is C37H58NO7P. The molecule has 8 atom stereocenters. The molecule has 1 heterocycles. The summed E-state index contributed by atoms with van der Waals surface area (Å²) in [5, 5.41) is 24.4. The van der Waals surface area contributed by atoms with Gasteiger partial charge in [0.2, 0.25) is 5.91 Å². The standard InChI is InChI=1S/C36H53NO7.CH5P/c1-23(24(2)38)10-7-8-21-37-31(41)13-6-4-3-5-12-27(39)15-19-32(42)43-30-18-16-28-25-11-9-20-36(28)33-26(22-25)14-17-29(40)34(33)44-35(30)36;1-2/h14,17,23,25,28,30,32,35,40,42H,3-13,15-16,18-22H2,1-2H3,(H,37,41);2H2,1H3. The third kappa shape index (κ3) is 8.52. The van der Waals surface area contributed by atoms with E-state index in [0.717, 1.165) is 77.0 Å². The molecule has 0 aromatic heterocycles. The van der Waals surface area contributed by atoms with Crippen LogP contribution in [0.5, 0.6) is 11.5 Å². The van der Waals surface area contributed by atoms with Crippen LogP contribution in [0.4, 0.5) is 0 Å². The predicted octanol–water partition coefficient (Wildman–Crippen LogP) is 6.55. The highest BCUT2D eigenvalue weighted by atomic mass is 31.0. The van der Waals surface area contributed by atoms with Gasteiger partial charge in [-0.15, -0.1) is 9.24 Å². The van der Waals surface area contributed by atoms with E-state index in [4.69, 9.17) is 9.47 Å². The van der Waals surface area contributed by atoms with Crippen molar-refractivity contribution in [3.63, 3.8) is 0 Å². The number of carbonyl (C=O) groups excluding carboxylic acids is 3. The lowest BCUT2D eigenvalue weighted by atomic mass is 9.48. The molecule has 46 heavy (non-hydrogen) atoms. The summed E-state index contributed by atoms with van der Waals surface area (Å²) in [6.07, 6.45) is 12.5. The van der Waals surface area contributed by atoms with Crippen LogP contribution in [0.1, 0.15) is 128 Å². The summed E-state index contributed by atoms with van der Waals surface area (Å²) in [5.41, 5.74) is 2.37. The number of benzene rings is 1. The quantitative estimate of drug-likeness (QED) is 0.0928. The number of amides is 1. The summed E-state index contributed by atoms with van der Waals surface area (Å²) >= 11 is 0. The normalized spacial score (nSPS) is 26.5. The highest BCUT2D eigenvalue weighted by Crippen LogP contribution is 2.66. The molecule has 3 aliphatic carbocycles. The average molecular weight is 660 g/mol. The number of Topliss-reactive ketones (excluding diaryl/α,β-unsaturated/α-hetero) is 2. The number of nitrogens with one attached hydrogen (secondary N) is 1. The second-order valence-corrected chi connectivity index (χ2v) is 14.0. The van der Waals surface area contributed by atoms with E-state index in [1.165, 1.54) is 17.5 Å². The van der Waals surface area contributed by atoms with Gasteiger partial charge in [0.15, 0.2) is 17.8 Å². The molecule has 4 aliphatic rings. The number of hydrogen-bond acceptors (Lipinski definition) is 7. The molecule has 8 nitrogen and oxygen atoms in total. The Bertz CT molecular complexity index is 1190. The SMILES string of the molecule is CC(=O)C(C)CCCCNC(=O)CCCCCCC(=O)CCC(O)OC1CCC2C3CCCC24c2c(ccc(O)c2OC14)C3.CP. The first-order chi connectivity index (χ1) is 22.2. The minimum absolute atomic E-state index is 0.0682. The van der Waals surface area contributed by atoms with Gasteiger partial charge in [0, 0.05) is 49.1 Å². The number of aromatic hydroxyl groups is 1. The largest absolute Gasteiger partial charge is 0.504 e. The van der Waals surface area contributed by atoms with Crippen LogP contribution in [0.3, 0.4) is 0 Å². The highest BCUT2D eigenvalue weighted by Gasteiger charge is 2.64. The fraction of sp³-hybridized carbons (Fsp3) is 0.757. The third-order valence-electron chi connectivity index (χ3n) is 11.1. The van der Waals surface area contributed by atoms with E-state index >= 15 is 0 Å². The van der Waals surface area contributed by atoms with Gasteiger partial charge >= 0.3 is 0 Å². The number of ether oxygens (including phenoxy) is 2. The van der Waals surface area contributed by atoms with E-state index in [0.29, 0.717) is 37.0 Å². The molecule has 0 radical (unpaired) electrons. The van der Waals surface area contributed by atoms with E-state index < -0.39 is 6.29 Å². The summed E-state index contributed by atoms with van der Waals surface area (Å²) in [7, 11) is 2.42. The van der Waals surface area contributed by atoms with Gasteiger partial charge in [0.1, 0.15) is 17.7 Å². The second kappa shape index (κ2) is 17.4. The lowest BCUT2D eigenvalue weighted by Gasteiger charge is -2.56. The van der Waals surface area contributed by atoms with Crippen LogP contribution in [0.2, 0.25) is 0 Å². The fourth-order valence-electron chi connectivity index (χ4n) is 8.71. The van der Waals surface area contributed by atoms with Crippen LogP contribution in [0.15, 0.2) is 12.1 Å². The van der Waals surface area contributed by atoms with E-state index in [9.17, 15) is 24.6 Å². The molecule has 1 aliphatic heterocycles. The summed E-state index contributed by atoms with van der Waals surface area (Å²) < 4.78 is 12.7. The molecule has 1 aromatic rings. The van der Waals surface area contributed by atoms with Gasteiger partial charge in [0.05, 0.1) is 6.10 Å². The maximum absolute atomic E-state index is 12.5. The van der Waals surface area contributed by atoms with E-state index in [-0.39, 0.29) is 59.6 Å². The van der Waals surface area contributed by atoms with E-state index in [1.54, 1.807) is 13.0 Å². The molecule has 1 aromatic carbocycles. The number of unbranched alkanes of at least 4 members (excludes halogenated alkanes) is 4. The Morgan fingerprint density at radius 2 is 1.78 bits per heavy atom. The molecule has 2 fully saturated rings. The van der Waals surface area contributed by atoms with Crippen LogP contribution in [-0.4, -0.2) is 59.4 Å². The molecule has 8 unspecified atom stereocenters. The summed E-state index contributed by atoms with van der Waals surface area (Å²) in [6.45, 7) is 6.14. The Balaban J connectivity index is 0.00000235. The van der Waals surface area contributed by atoms with Crippen molar-refractivity contribution < 1.29 is 34.1 Å². The van der Waals surface area contributed by atoms with Gasteiger partial charge in [-0.2, -0.15) is 0 Å². The van der Waals surface area contributed by atoms with Crippen molar-refractivity contribution in [1.82, 2.24) is 5.32 Å². The topological polar surface area (TPSA) is 122 Å². The molecule has 2 bridgehead atoms. The number of hydrogen-bond donors (Lipinski definition) is 3. The monoisotopic (exact) mass is 659 g/mol. The lowest BCUT2D eigenvalue weighted by molar-refractivity contribution is -0.194. The molecule has 1 spiro atoms. The average Bonchev–Trinajstić information content (AvgIpc) is 3.39. The Labute approximate surface area is 278 Å². The van der Waals surface area contributed by atoms with Crippen molar-refractivity contribution in [3.05, 3.63) is 23.3 Å². The smallest absolute Gasteiger partial charge is 0.219 e. The van der Waals surface area contributed by atoms with Gasteiger partial charge < -0.3 is 25.0 Å². The number of carbonyl (C=O) groups is 3. The van der Waals surface area contributed by atoms with Crippen LogP contribution in [0.25, 0.3) is 0 Å². The first-order valence-corrected chi connectivity index (χ1v) is 19.1. The van der Waals surface area contributed by atoms with Crippen molar-refractivity contribution >= 4 is 26.7 Å². The molecule has 9 heteroatoms. The van der Waals surface area contributed by atoms with Crippen molar-refractivity contribution in [1.29, 1.82) is 0 Å². The second-order valence-electron chi connectivity index (χ2n) is 14.0. The van der Waals surface area contributed by atoms with Crippen LogP contribution in [-0.2, 0) is 31.0 Å². The molecule has 3 N–H and O–H groups in total. The summed E-state index contributed by atoms with van der Waals surface area (Å²) in [6, 6.07) is 3.83. The van der Waals surface area contributed by atoms with Gasteiger partial charge in [-0.1, -0.05) is 45.3 Å². The zero-order valence-electron chi connectivity index (χ0n) is 28.4. The van der Waals surface area contributed by atoms with Crippen molar-refractivity contribution in [2.24, 2.45) is 17.8 Å². The van der Waals surface area contributed by atoms with Crippen LogP contribution in [0, 0.1) is 17.8 Å². The number of phenols is 1. The molecule has 0 saturated heterocycles. The lowest BCUT2D eigenvalue weighted by Crippen LogP contribution is -2.60. The Morgan fingerprint density at radius 3 is 2.54 bits per heavy atom. The zero-order chi connectivity index (χ0) is 33.3. The molecule has 1 amide bonds.